The summed E-state index contributed by atoms with van der Waals surface area (Å²) in [4.78, 5) is 23.5. The summed E-state index contributed by atoms with van der Waals surface area (Å²) in [6.45, 7) is 4.00. The molecule has 1 heterocycles. The standard InChI is InChI=1S/C11H17NO4/c1-8-5-12(6-9(8)7-16-2)10(13)3-4-11(14)15/h3-4,8-9H,5-7H2,1-2H3,(H,14,15)/b4-3+. The van der Waals surface area contributed by atoms with Gasteiger partial charge in [0.2, 0.25) is 5.91 Å². The molecule has 0 spiro atoms. The number of hydrogen-bond donors (Lipinski definition) is 1. The van der Waals surface area contributed by atoms with Gasteiger partial charge >= 0.3 is 5.97 Å². The van der Waals surface area contributed by atoms with Gasteiger partial charge in [-0.1, -0.05) is 6.92 Å². The lowest BCUT2D eigenvalue weighted by atomic mass is 10.00. The van der Waals surface area contributed by atoms with Gasteiger partial charge in [0, 0.05) is 38.3 Å². The van der Waals surface area contributed by atoms with Crippen LogP contribution in [-0.4, -0.2) is 48.7 Å². The monoisotopic (exact) mass is 227 g/mol. The van der Waals surface area contributed by atoms with Gasteiger partial charge < -0.3 is 14.7 Å². The first-order valence-corrected chi connectivity index (χ1v) is 5.23. The molecule has 16 heavy (non-hydrogen) atoms. The van der Waals surface area contributed by atoms with Crippen LogP contribution in [0.2, 0.25) is 0 Å². The van der Waals surface area contributed by atoms with Crippen molar-refractivity contribution < 1.29 is 19.4 Å². The number of carbonyl (C=O) groups excluding carboxylic acids is 1. The van der Waals surface area contributed by atoms with E-state index in [2.05, 4.69) is 6.92 Å². The summed E-state index contributed by atoms with van der Waals surface area (Å²) in [5, 5.41) is 8.42. The zero-order chi connectivity index (χ0) is 12.1. The molecule has 1 amide bonds. The zero-order valence-corrected chi connectivity index (χ0v) is 9.55. The maximum Gasteiger partial charge on any atom is 0.328 e. The molecule has 0 aromatic carbocycles. The first-order chi connectivity index (χ1) is 7.54. The van der Waals surface area contributed by atoms with Gasteiger partial charge in [0.15, 0.2) is 0 Å². The Balaban J connectivity index is 2.51. The minimum Gasteiger partial charge on any atom is -0.478 e. The summed E-state index contributed by atoms with van der Waals surface area (Å²) >= 11 is 0. The van der Waals surface area contributed by atoms with Gasteiger partial charge in [-0.25, -0.2) is 4.79 Å². The number of carbonyl (C=O) groups is 2. The summed E-state index contributed by atoms with van der Waals surface area (Å²) < 4.78 is 5.07. The van der Waals surface area contributed by atoms with Gasteiger partial charge in [-0.3, -0.25) is 4.79 Å². The first kappa shape index (κ1) is 12.7. The van der Waals surface area contributed by atoms with E-state index in [0.29, 0.717) is 31.5 Å². The molecule has 2 atom stereocenters. The lowest BCUT2D eigenvalue weighted by Crippen LogP contribution is -2.27. The number of aliphatic carboxylic acids is 1. The molecule has 1 aliphatic rings. The Morgan fingerprint density at radius 2 is 2.12 bits per heavy atom. The highest BCUT2D eigenvalue weighted by atomic mass is 16.5. The molecule has 1 rings (SSSR count). The third-order valence-electron chi connectivity index (χ3n) is 2.83. The van der Waals surface area contributed by atoms with Gasteiger partial charge in [-0.05, 0) is 5.92 Å². The van der Waals surface area contributed by atoms with Crippen LogP contribution >= 0.6 is 0 Å². The van der Waals surface area contributed by atoms with Gasteiger partial charge in [0.1, 0.15) is 0 Å². The molecule has 5 nitrogen and oxygen atoms in total. The zero-order valence-electron chi connectivity index (χ0n) is 9.55. The predicted molar refractivity (Wildman–Crippen MR) is 57.9 cm³/mol. The van der Waals surface area contributed by atoms with E-state index < -0.39 is 5.97 Å². The minimum absolute atomic E-state index is 0.243. The Bertz CT molecular complexity index is 300. The van der Waals surface area contributed by atoms with Crippen molar-refractivity contribution in [2.24, 2.45) is 11.8 Å². The van der Waals surface area contributed by atoms with Crippen LogP contribution in [0.15, 0.2) is 12.2 Å². The molecule has 0 saturated carbocycles. The van der Waals surface area contributed by atoms with E-state index in [9.17, 15) is 9.59 Å². The van der Waals surface area contributed by atoms with Crippen LogP contribution < -0.4 is 0 Å². The fourth-order valence-electron chi connectivity index (χ4n) is 1.89. The number of methoxy groups -OCH3 is 1. The van der Waals surface area contributed by atoms with Crippen molar-refractivity contribution in [2.75, 3.05) is 26.8 Å². The van der Waals surface area contributed by atoms with Crippen LogP contribution in [0.1, 0.15) is 6.92 Å². The molecule has 0 radical (unpaired) electrons. The number of carboxylic acids is 1. The number of hydrogen-bond acceptors (Lipinski definition) is 3. The van der Waals surface area contributed by atoms with E-state index in [1.165, 1.54) is 0 Å². The molecule has 0 aromatic rings. The molecule has 90 valence electrons. The van der Waals surface area contributed by atoms with Crippen molar-refractivity contribution in [3.05, 3.63) is 12.2 Å². The van der Waals surface area contributed by atoms with Gasteiger partial charge in [0.25, 0.3) is 0 Å². The Hall–Kier alpha value is -1.36. The highest BCUT2D eigenvalue weighted by molar-refractivity contribution is 5.94. The van der Waals surface area contributed by atoms with Gasteiger partial charge in [-0.15, -0.1) is 0 Å². The van der Waals surface area contributed by atoms with E-state index in [-0.39, 0.29) is 5.91 Å². The normalized spacial score (nSPS) is 25.2. The van der Waals surface area contributed by atoms with E-state index in [1.807, 2.05) is 0 Å². The fraction of sp³-hybridized carbons (Fsp3) is 0.636. The number of rotatable bonds is 4. The molecular weight excluding hydrogens is 210 g/mol. The van der Waals surface area contributed by atoms with Crippen molar-refractivity contribution in [3.8, 4) is 0 Å². The second kappa shape index (κ2) is 5.65. The molecule has 0 aliphatic carbocycles. The molecule has 2 unspecified atom stereocenters. The third kappa shape index (κ3) is 3.34. The minimum atomic E-state index is -1.10. The second-order valence-corrected chi connectivity index (χ2v) is 4.11. The van der Waals surface area contributed by atoms with Crippen LogP contribution in [0.25, 0.3) is 0 Å². The maximum absolute atomic E-state index is 11.6. The van der Waals surface area contributed by atoms with E-state index in [4.69, 9.17) is 9.84 Å². The molecule has 0 aromatic heterocycles. The summed E-state index contributed by atoms with van der Waals surface area (Å²) in [7, 11) is 1.64. The molecular formula is C11H17NO4. The highest BCUT2D eigenvalue weighted by Gasteiger charge is 2.31. The van der Waals surface area contributed by atoms with Crippen molar-refractivity contribution >= 4 is 11.9 Å². The molecule has 1 N–H and O–H groups in total. The number of nitrogens with zero attached hydrogens (tertiary/aromatic N) is 1. The topological polar surface area (TPSA) is 66.8 Å². The molecule has 0 bridgehead atoms. The van der Waals surface area contributed by atoms with Crippen LogP contribution in [0.4, 0.5) is 0 Å². The third-order valence-corrected chi connectivity index (χ3v) is 2.83. The van der Waals surface area contributed by atoms with E-state index >= 15 is 0 Å². The molecule has 5 heteroatoms. The van der Waals surface area contributed by atoms with Crippen LogP contribution in [-0.2, 0) is 14.3 Å². The Labute approximate surface area is 94.7 Å². The van der Waals surface area contributed by atoms with E-state index in [1.54, 1.807) is 12.0 Å². The lowest BCUT2D eigenvalue weighted by molar-refractivity contribution is -0.132. The number of ether oxygens (including phenoxy) is 1. The lowest BCUT2D eigenvalue weighted by Gasteiger charge is -2.13. The Morgan fingerprint density at radius 1 is 1.44 bits per heavy atom. The van der Waals surface area contributed by atoms with Crippen molar-refractivity contribution in [1.29, 1.82) is 0 Å². The molecule has 1 aliphatic heterocycles. The Kier molecular flexibility index (Phi) is 4.49. The molecule has 1 fully saturated rings. The number of likely N-dealkylation sites (tertiary alicyclic amines) is 1. The number of carboxylic acid groups (broad SMARTS) is 1. The summed E-state index contributed by atoms with van der Waals surface area (Å²) in [6.07, 6.45) is 1.97. The first-order valence-electron chi connectivity index (χ1n) is 5.23. The Morgan fingerprint density at radius 3 is 2.69 bits per heavy atom. The van der Waals surface area contributed by atoms with Crippen LogP contribution in [0, 0.1) is 11.8 Å². The summed E-state index contributed by atoms with van der Waals surface area (Å²) in [5.41, 5.74) is 0. The quantitative estimate of drug-likeness (QED) is 0.704. The number of amides is 1. The average Bonchev–Trinajstić information content (AvgIpc) is 2.57. The predicted octanol–water partition coefficient (Wildman–Crippen LogP) is 0.368. The SMILES string of the molecule is COCC1CN(C(=O)/C=C/C(=O)O)CC1C. The van der Waals surface area contributed by atoms with Crippen molar-refractivity contribution in [2.45, 2.75) is 6.92 Å². The van der Waals surface area contributed by atoms with Crippen molar-refractivity contribution in [1.82, 2.24) is 4.90 Å². The van der Waals surface area contributed by atoms with Gasteiger partial charge in [0.05, 0.1) is 6.61 Å². The average molecular weight is 227 g/mol. The largest absolute Gasteiger partial charge is 0.478 e. The second-order valence-electron chi connectivity index (χ2n) is 4.11. The van der Waals surface area contributed by atoms with Crippen LogP contribution in [0.5, 0.6) is 0 Å². The smallest absolute Gasteiger partial charge is 0.328 e. The molecule has 1 saturated heterocycles. The van der Waals surface area contributed by atoms with Crippen molar-refractivity contribution in [3.63, 3.8) is 0 Å². The van der Waals surface area contributed by atoms with Gasteiger partial charge in [-0.2, -0.15) is 0 Å². The highest BCUT2D eigenvalue weighted by Crippen LogP contribution is 2.23. The summed E-state index contributed by atoms with van der Waals surface area (Å²) in [6, 6.07) is 0. The van der Waals surface area contributed by atoms with Crippen LogP contribution in [0.3, 0.4) is 0 Å². The van der Waals surface area contributed by atoms with E-state index in [0.717, 1.165) is 12.2 Å². The summed E-state index contributed by atoms with van der Waals surface area (Å²) in [5.74, 6) is -0.615. The maximum atomic E-state index is 11.6. The fourth-order valence-corrected chi connectivity index (χ4v) is 1.89.